The molecule has 0 spiro atoms. The van der Waals surface area contributed by atoms with Crippen LogP contribution in [0.25, 0.3) is 0 Å². The molecule has 0 saturated carbocycles. The summed E-state index contributed by atoms with van der Waals surface area (Å²) in [6.45, 7) is 4.74. The van der Waals surface area contributed by atoms with Gasteiger partial charge in [0.05, 0.1) is 13.2 Å². The van der Waals surface area contributed by atoms with E-state index in [1.807, 2.05) is 50.2 Å². The molecule has 1 aromatic carbocycles. The van der Waals surface area contributed by atoms with Crippen LogP contribution in [0, 0.1) is 0 Å². The number of nitrogens with zero attached hydrogens (tertiary/aromatic N) is 2. The molecule has 1 aliphatic rings. The minimum absolute atomic E-state index is 0.0926. The smallest absolute Gasteiger partial charge is 0.241 e. The molecule has 5 nitrogen and oxygen atoms in total. The first-order chi connectivity index (χ1) is 9.93. The van der Waals surface area contributed by atoms with E-state index in [0.29, 0.717) is 12.6 Å². The van der Waals surface area contributed by atoms with Crippen molar-refractivity contribution in [2.75, 3.05) is 27.7 Å². The maximum atomic E-state index is 12.4. The predicted molar refractivity (Wildman–Crippen MR) is 83.2 cm³/mol. The Morgan fingerprint density at radius 1 is 1.43 bits per heavy atom. The summed E-state index contributed by atoms with van der Waals surface area (Å²) in [5, 5.41) is 3.37. The molecule has 3 atom stereocenters. The first-order valence-corrected chi connectivity index (χ1v) is 7.31. The van der Waals surface area contributed by atoms with Gasteiger partial charge in [0.2, 0.25) is 5.91 Å². The van der Waals surface area contributed by atoms with Crippen LogP contribution in [-0.4, -0.2) is 55.5 Å². The second-order valence-electron chi connectivity index (χ2n) is 5.87. The number of carbonyl (C=O) groups excluding carboxylic acids is 1. The molecule has 1 N–H and O–H groups in total. The molecule has 1 aliphatic heterocycles. The lowest BCUT2D eigenvalue weighted by Crippen LogP contribution is -2.41. The number of ether oxygens (including phenoxy) is 1. The predicted octanol–water partition coefficient (Wildman–Crippen LogP) is 1.46. The summed E-state index contributed by atoms with van der Waals surface area (Å²) in [5.41, 5.74) is 1.05. The Morgan fingerprint density at radius 3 is 2.76 bits per heavy atom. The lowest BCUT2D eigenvalue weighted by atomic mass is 10.1. The Bertz CT molecular complexity index is 504. The Kier molecular flexibility index (Phi) is 4.85. The molecule has 1 saturated heterocycles. The normalized spacial score (nSPS) is 23.7. The molecule has 0 bridgehead atoms. The van der Waals surface area contributed by atoms with Crippen molar-refractivity contribution in [1.29, 1.82) is 0 Å². The minimum atomic E-state index is -0.157. The highest BCUT2D eigenvalue weighted by molar-refractivity contribution is 5.84. The Balaban J connectivity index is 2.24. The molecule has 1 heterocycles. The third-order valence-corrected chi connectivity index (χ3v) is 4.13. The van der Waals surface area contributed by atoms with E-state index in [1.54, 1.807) is 7.11 Å². The van der Waals surface area contributed by atoms with Crippen LogP contribution in [0.2, 0.25) is 0 Å². The zero-order chi connectivity index (χ0) is 15.6. The number of rotatable bonds is 5. The van der Waals surface area contributed by atoms with Crippen LogP contribution in [0.15, 0.2) is 24.3 Å². The standard InChI is InChI=1S/C16H25N3O2/c1-11(18(3)4)10-19-15(17-12(2)16(19)20)13-7-6-8-14(9-13)21-5/h6-9,11-12,15,17H,10H2,1-5H3. The summed E-state index contributed by atoms with van der Waals surface area (Å²) < 4.78 is 5.28. The van der Waals surface area contributed by atoms with Gasteiger partial charge in [-0.05, 0) is 45.6 Å². The number of hydrogen-bond acceptors (Lipinski definition) is 4. The van der Waals surface area contributed by atoms with Crippen molar-refractivity contribution in [2.45, 2.75) is 32.1 Å². The number of carbonyl (C=O) groups is 1. The van der Waals surface area contributed by atoms with E-state index in [4.69, 9.17) is 4.74 Å². The molecule has 0 aliphatic carbocycles. The van der Waals surface area contributed by atoms with E-state index >= 15 is 0 Å². The SMILES string of the molecule is COc1cccc(C2NC(C)C(=O)N2CC(C)N(C)C)c1. The molecule has 1 fully saturated rings. The van der Waals surface area contributed by atoms with Crippen LogP contribution in [0.5, 0.6) is 5.75 Å². The monoisotopic (exact) mass is 291 g/mol. The quantitative estimate of drug-likeness (QED) is 0.892. The topological polar surface area (TPSA) is 44.8 Å². The van der Waals surface area contributed by atoms with Gasteiger partial charge >= 0.3 is 0 Å². The van der Waals surface area contributed by atoms with Gasteiger partial charge in [0.1, 0.15) is 11.9 Å². The highest BCUT2D eigenvalue weighted by Gasteiger charge is 2.37. The molecule has 0 radical (unpaired) electrons. The van der Waals surface area contributed by atoms with Gasteiger partial charge in [-0.1, -0.05) is 12.1 Å². The first-order valence-electron chi connectivity index (χ1n) is 7.31. The van der Waals surface area contributed by atoms with E-state index in [-0.39, 0.29) is 18.1 Å². The van der Waals surface area contributed by atoms with Gasteiger partial charge < -0.3 is 14.5 Å². The molecule has 1 aromatic rings. The number of amides is 1. The summed E-state index contributed by atoms with van der Waals surface area (Å²) >= 11 is 0. The van der Waals surface area contributed by atoms with Crippen molar-refractivity contribution in [3.63, 3.8) is 0 Å². The van der Waals surface area contributed by atoms with Gasteiger partial charge in [-0.15, -0.1) is 0 Å². The lowest BCUT2D eigenvalue weighted by molar-refractivity contribution is -0.130. The fourth-order valence-corrected chi connectivity index (χ4v) is 2.51. The van der Waals surface area contributed by atoms with Gasteiger partial charge in [-0.3, -0.25) is 10.1 Å². The van der Waals surface area contributed by atoms with Gasteiger partial charge in [-0.2, -0.15) is 0 Å². The van der Waals surface area contributed by atoms with Crippen molar-refractivity contribution in [2.24, 2.45) is 0 Å². The van der Waals surface area contributed by atoms with Gasteiger partial charge in [0.15, 0.2) is 0 Å². The molecular formula is C16H25N3O2. The molecule has 0 aromatic heterocycles. The largest absolute Gasteiger partial charge is 0.497 e. The number of hydrogen-bond donors (Lipinski definition) is 1. The van der Waals surface area contributed by atoms with Crippen molar-refractivity contribution in [3.8, 4) is 5.75 Å². The third-order valence-electron chi connectivity index (χ3n) is 4.13. The van der Waals surface area contributed by atoms with Crippen LogP contribution in [-0.2, 0) is 4.79 Å². The summed E-state index contributed by atoms with van der Waals surface area (Å²) in [5.74, 6) is 0.957. The number of nitrogens with one attached hydrogen (secondary N) is 1. The van der Waals surface area contributed by atoms with Crippen LogP contribution >= 0.6 is 0 Å². The van der Waals surface area contributed by atoms with Gasteiger partial charge in [0, 0.05) is 12.6 Å². The first kappa shape index (κ1) is 15.8. The summed E-state index contributed by atoms with van der Waals surface area (Å²) in [6.07, 6.45) is -0.0926. The van der Waals surface area contributed by atoms with Crippen LogP contribution in [0.4, 0.5) is 0 Å². The average Bonchev–Trinajstić information content (AvgIpc) is 2.75. The van der Waals surface area contributed by atoms with Gasteiger partial charge in [-0.25, -0.2) is 0 Å². The molecule has 5 heteroatoms. The highest BCUT2D eigenvalue weighted by Crippen LogP contribution is 2.28. The number of benzene rings is 1. The lowest BCUT2D eigenvalue weighted by Gasteiger charge is -2.30. The average molecular weight is 291 g/mol. The second-order valence-corrected chi connectivity index (χ2v) is 5.87. The summed E-state index contributed by atoms with van der Waals surface area (Å²) in [7, 11) is 5.71. The van der Waals surface area contributed by atoms with Crippen molar-refractivity contribution in [1.82, 2.24) is 15.1 Å². The van der Waals surface area contributed by atoms with Crippen molar-refractivity contribution >= 4 is 5.91 Å². The summed E-state index contributed by atoms with van der Waals surface area (Å²) in [4.78, 5) is 16.5. The third kappa shape index (κ3) is 3.36. The fraction of sp³-hybridized carbons (Fsp3) is 0.562. The maximum absolute atomic E-state index is 12.4. The van der Waals surface area contributed by atoms with E-state index in [9.17, 15) is 4.79 Å². The highest BCUT2D eigenvalue weighted by atomic mass is 16.5. The number of likely N-dealkylation sites (N-methyl/N-ethyl adjacent to an activating group) is 1. The number of methoxy groups -OCH3 is 1. The molecule has 21 heavy (non-hydrogen) atoms. The van der Waals surface area contributed by atoms with Crippen LogP contribution < -0.4 is 10.1 Å². The van der Waals surface area contributed by atoms with Crippen LogP contribution in [0.3, 0.4) is 0 Å². The zero-order valence-corrected chi connectivity index (χ0v) is 13.5. The molecule has 2 rings (SSSR count). The minimum Gasteiger partial charge on any atom is -0.497 e. The summed E-state index contributed by atoms with van der Waals surface area (Å²) in [6, 6.07) is 8.02. The fourth-order valence-electron chi connectivity index (χ4n) is 2.51. The second kappa shape index (κ2) is 6.45. The maximum Gasteiger partial charge on any atom is 0.241 e. The van der Waals surface area contributed by atoms with Crippen molar-refractivity contribution in [3.05, 3.63) is 29.8 Å². The van der Waals surface area contributed by atoms with E-state index in [0.717, 1.165) is 11.3 Å². The molecule has 1 amide bonds. The molecule has 3 unspecified atom stereocenters. The Hall–Kier alpha value is -1.59. The molecular weight excluding hydrogens is 266 g/mol. The van der Waals surface area contributed by atoms with E-state index in [2.05, 4.69) is 17.1 Å². The Labute approximate surface area is 126 Å². The Morgan fingerprint density at radius 2 is 2.14 bits per heavy atom. The molecule has 116 valence electrons. The van der Waals surface area contributed by atoms with Crippen molar-refractivity contribution < 1.29 is 9.53 Å². The van der Waals surface area contributed by atoms with E-state index < -0.39 is 0 Å². The zero-order valence-electron chi connectivity index (χ0n) is 13.5. The van der Waals surface area contributed by atoms with Crippen LogP contribution in [0.1, 0.15) is 25.6 Å². The van der Waals surface area contributed by atoms with Gasteiger partial charge in [0.25, 0.3) is 0 Å². The van der Waals surface area contributed by atoms with E-state index in [1.165, 1.54) is 0 Å².